The third-order valence-corrected chi connectivity index (χ3v) is 7.56. The second-order valence-electron chi connectivity index (χ2n) is 8.41. The second-order valence-corrected chi connectivity index (χ2v) is 10.3. The summed E-state index contributed by atoms with van der Waals surface area (Å²) in [6.07, 6.45) is 3.59. The van der Waals surface area contributed by atoms with Crippen molar-refractivity contribution in [1.82, 2.24) is 14.9 Å². The van der Waals surface area contributed by atoms with Crippen LogP contribution >= 0.6 is 0 Å². The molecule has 1 aromatic heterocycles. The molecule has 0 aliphatic heterocycles. The van der Waals surface area contributed by atoms with Crippen LogP contribution in [0.5, 0.6) is 0 Å². The monoisotopic (exact) mass is 488 g/mol. The molecule has 0 bridgehead atoms. The molecule has 4 rings (SSSR count). The smallest absolute Gasteiger partial charge is 0.264 e. The Labute approximate surface area is 206 Å². The molecule has 180 valence electrons. The summed E-state index contributed by atoms with van der Waals surface area (Å²) in [5.74, 6) is 0.428. The summed E-state index contributed by atoms with van der Waals surface area (Å²) >= 11 is 0. The van der Waals surface area contributed by atoms with Crippen LogP contribution in [0, 0.1) is 20.8 Å². The van der Waals surface area contributed by atoms with Gasteiger partial charge in [0, 0.05) is 18.9 Å². The summed E-state index contributed by atoms with van der Waals surface area (Å²) < 4.78 is 30.1. The fraction of sp³-hybridized carbons (Fsp3) is 0.185. The molecule has 7 nitrogen and oxygen atoms in total. The molecule has 0 saturated carbocycles. The van der Waals surface area contributed by atoms with Gasteiger partial charge in [0.1, 0.15) is 12.4 Å². The van der Waals surface area contributed by atoms with Gasteiger partial charge in [-0.25, -0.2) is 13.4 Å². The number of carbonyl (C=O) groups is 1. The number of anilines is 1. The van der Waals surface area contributed by atoms with Crippen molar-refractivity contribution in [3.63, 3.8) is 0 Å². The minimum Gasteiger partial charge on any atom is -0.350 e. The van der Waals surface area contributed by atoms with Crippen molar-refractivity contribution < 1.29 is 13.2 Å². The quantitative estimate of drug-likeness (QED) is 0.401. The number of hydrogen-bond donors (Lipinski definition) is 1. The number of amides is 1. The fourth-order valence-corrected chi connectivity index (χ4v) is 5.19. The number of carbonyl (C=O) groups excluding carboxylic acids is 1. The highest BCUT2D eigenvalue weighted by molar-refractivity contribution is 7.92. The summed E-state index contributed by atoms with van der Waals surface area (Å²) in [4.78, 5) is 17.4. The van der Waals surface area contributed by atoms with Crippen LogP contribution in [-0.4, -0.2) is 30.4 Å². The van der Waals surface area contributed by atoms with Crippen molar-refractivity contribution in [2.24, 2.45) is 0 Å². The van der Waals surface area contributed by atoms with E-state index in [0.29, 0.717) is 5.69 Å². The van der Waals surface area contributed by atoms with Gasteiger partial charge in [-0.15, -0.1) is 0 Å². The van der Waals surface area contributed by atoms with Gasteiger partial charge in [-0.1, -0.05) is 53.6 Å². The highest BCUT2D eigenvalue weighted by atomic mass is 32.2. The summed E-state index contributed by atoms with van der Waals surface area (Å²) in [6, 6.07) is 21.4. The standard InChI is InChI=1S/C27H28N4O3S/c1-20-8-12-24(13-9-20)31(35(33,34)25-14-10-21(2)11-15-25)19-27(32)29-18-23-6-4-5-7-26(23)30-17-16-28-22(30)3/h4-17H,18-19H2,1-3H3,(H,29,32). The van der Waals surface area contributed by atoms with Crippen LogP contribution < -0.4 is 9.62 Å². The third kappa shape index (κ3) is 5.44. The van der Waals surface area contributed by atoms with Crippen LogP contribution in [-0.2, 0) is 21.4 Å². The van der Waals surface area contributed by atoms with Crippen LogP contribution in [0.4, 0.5) is 5.69 Å². The number of nitrogens with zero attached hydrogens (tertiary/aromatic N) is 3. The number of aromatic nitrogens is 2. The lowest BCUT2D eigenvalue weighted by Crippen LogP contribution is -2.40. The first-order valence-electron chi connectivity index (χ1n) is 11.3. The van der Waals surface area contributed by atoms with Gasteiger partial charge in [0.05, 0.1) is 16.3 Å². The summed E-state index contributed by atoms with van der Waals surface area (Å²) in [5.41, 5.74) is 4.18. The van der Waals surface area contributed by atoms with Crippen molar-refractivity contribution in [1.29, 1.82) is 0 Å². The maximum absolute atomic E-state index is 13.5. The molecule has 1 N–H and O–H groups in total. The highest BCUT2D eigenvalue weighted by Crippen LogP contribution is 2.24. The van der Waals surface area contributed by atoms with Crippen LogP contribution in [0.25, 0.3) is 5.69 Å². The van der Waals surface area contributed by atoms with E-state index < -0.39 is 15.9 Å². The summed E-state index contributed by atoms with van der Waals surface area (Å²) in [6.45, 7) is 5.63. The lowest BCUT2D eigenvalue weighted by atomic mass is 10.1. The Morgan fingerprint density at radius 1 is 0.914 bits per heavy atom. The van der Waals surface area contributed by atoms with E-state index in [2.05, 4.69) is 10.3 Å². The van der Waals surface area contributed by atoms with Crippen LogP contribution in [0.3, 0.4) is 0 Å². The number of aryl methyl sites for hydroxylation is 3. The maximum atomic E-state index is 13.5. The fourth-order valence-electron chi connectivity index (χ4n) is 3.77. The molecule has 0 aliphatic rings. The van der Waals surface area contributed by atoms with Gasteiger partial charge >= 0.3 is 0 Å². The average molecular weight is 489 g/mol. The lowest BCUT2D eigenvalue weighted by Gasteiger charge is -2.24. The molecule has 0 saturated heterocycles. The SMILES string of the molecule is Cc1ccc(N(CC(=O)NCc2ccccc2-n2ccnc2C)S(=O)(=O)c2ccc(C)cc2)cc1. The minimum atomic E-state index is -3.95. The Hall–Kier alpha value is -3.91. The van der Waals surface area contributed by atoms with Crippen molar-refractivity contribution >= 4 is 21.6 Å². The highest BCUT2D eigenvalue weighted by Gasteiger charge is 2.27. The van der Waals surface area contributed by atoms with Gasteiger partial charge in [-0.3, -0.25) is 9.10 Å². The number of para-hydroxylation sites is 1. The molecule has 0 radical (unpaired) electrons. The van der Waals surface area contributed by atoms with Gasteiger partial charge < -0.3 is 9.88 Å². The number of rotatable bonds is 8. The third-order valence-electron chi connectivity index (χ3n) is 5.77. The molecular weight excluding hydrogens is 460 g/mol. The Bertz CT molecular complexity index is 1430. The van der Waals surface area contributed by atoms with E-state index in [0.717, 1.165) is 32.5 Å². The summed E-state index contributed by atoms with van der Waals surface area (Å²) in [7, 11) is -3.95. The normalized spacial score (nSPS) is 11.3. The molecule has 3 aromatic carbocycles. The van der Waals surface area contributed by atoms with Crippen molar-refractivity contribution in [2.45, 2.75) is 32.2 Å². The molecule has 0 atom stereocenters. The van der Waals surface area contributed by atoms with E-state index in [-0.39, 0.29) is 18.0 Å². The summed E-state index contributed by atoms with van der Waals surface area (Å²) in [5, 5.41) is 2.89. The van der Waals surface area contributed by atoms with Crippen LogP contribution in [0.15, 0.2) is 90.1 Å². The number of sulfonamides is 1. The van der Waals surface area contributed by atoms with Crippen molar-refractivity contribution in [3.8, 4) is 5.69 Å². The Balaban J connectivity index is 1.58. The average Bonchev–Trinajstić information content (AvgIpc) is 3.28. The number of imidazole rings is 1. The zero-order chi connectivity index (χ0) is 25.0. The topological polar surface area (TPSA) is 84.3 Å². The second kappa shape index (κ2) is 10.1. The van der Waals surface area contributed by atoms with E-state index in [1.165, 1.54) is 0 Å². The minimum absolute atomic E-state index is 0.136. The first-order chi connectivity index (χ1) is 16.8. The number of hydrogen-bond acceptors (Lipinski definition) is 4. The molecule has 4 aromatic rings. The van der Waals surface area contributed by atoms with E-state index in [9.17, 15) is 13.2 Å². The molecule has 0 fully saturated rings. The molecule has 1 amide bonds. The molecule has 1 heterocycles. The van der Waals surface area contributed by atoms with Crippen LogP contribution in [0.1, 0.15) is 22.5 Å². The Kier molecular flexibility index (Phi) is 7.02. The van der Waals surface area contributed by atoms with E-state index >= 15 is 0 Å². The van der Waals surface area contributed by atoms with Gasteiger partial charge in [0.2, 0.25) is 5.91 Å². The van der Waals surface area contributed by atoms with Gasteiger partial charge in [0.25, 0.3) is 10.0 Å². The largest absolute Gasteiger partial charge is 0.350 e. The van der Waals surface area contributed by atoms with Gasteiger partial charge in [-0.2, -0.15) is 0 Å². The van der Waals surface area contributed by atoms with Gasteiger partial charge in [0.15, 0.2) is 0 Å². The zero-order valence-corrected chi connectivity index (χ0v) is 20.8. The first-order valence-corrected chi connectivity index (χ1v) is 12.7. The Morgan fingerprint density at radius 2 is 1.54 bits per heavy atom. The number of nitrogens with one attached hydrogen (secondary N) is 1. The van der Waals surface area contributed by atoms with E-state index in [4.69, 9.17) is 0 Å². The molecular formula is C27H28N4O3S. The molecule has 8 heteroatoms. The van der Waals surface area contributed by atoms with Crippen LogP contribution in [0.2, 0.25) is 0 Å². The predicted octanol–water partition coefficient (Wildman–Crippen LogP) is 4.31. The molecule has 0 aliphatic carbocycles. The predicted molar refractivity (Wildman–Crippen MR) is 137 cm³/mol. The maximum Gasteiger partial charge on any atom is 0.264 e. The number of benzene rings is 3. The molecule has 35 heavy (non-hydrogen) atoms. The first kappa shape index (κ1) is 24.2. The zero-order valence-electron chi connectivity index (χ0n) is 20.0. The van der Waals surface area contributed by atoms with Crippen molar-refractivity contribution in [3.05, 3.63) is 108 Å². The molecule has 0 spiro atoms. The molecule has 0 unspecified atom stereocenters. The lowest BCUT2D eigenvalue weighted by molar-refractivity contribution is -0.119. The van der Waals surface area contributed by atoms with Gasteiger partial charge in [-0.05, 0) is 56.7 Å². The van der Waals surface area contributed by atoms with E-state index in [1.807, 2.05) is 67.9 Å². The van der Waals surface area contributed by atoms with E-state index in [1.54, 1.807) is 42.6 Å². The van der Waals surface area contributed by atoms with Crippen molar-refractivity contribution in [2.75, 3.05) is 10.8 Å². The Morgan fingerprint density at radius 3 is 2.17 bits per heavy atom.